The van der Waals surface area contributed by atoms with Crippen LogP contribution in [0.3, 0.4) is 0 Å². The van der Waals surface area contributed by atoms with Gasteiger partial charge in [-0.2, -0.15) is 0 Å². The molecule has 0 aliphatic rings. The van der Waals surface area contributed by atoms with Crippen LogP contribution in [0, 0.1) is 0 Å². The Balaban J connectivity index is 2.27. The molecule has 1 unspecified atom stereocenters. The number of rotatable bonds is 8. The van der Waals surface area contributed by atoms with Crippen molar-refractivity contribution < 1.29 is 14.3 Å². The molecule has 150 valence electrons. The Hall–Kier alpha value is -2.53. The van der Waals surface area contributed by atoms with E-state index in [2.05, 4.69) is 5.32 Å². The monoisotopic (exact) mass is 402 g/mol. The van der Waals surface area contributed by atoms with Crippen LogP contribution in [0.15, 0.2) is 48.5 Å². The lowest BCUT2D eigenvalue weighted by molar-refractivity contribution is -0.140. The molecule has 0 aliphatic heterocycles. The number of ether oxygens (including phenoxy) is 1. The lowest BCUT2D eigenvalue weighted by atomic mass is 10.1. The van der Waals surface area contributed by atoms with Crippen molar-refractivity contribution in [3.05, 3.63) is 64.7 Å². The van der Waals surface area contributed by atoms with E-state index in [0.717, 1.165) is 11.1 Å². The molecule has 0 saturated carbocycles. The molecule has 2 rings (SSSR count). The Kier molecular flexibility index (Phi) is 7.88. The highest BCUT2D eigenvalue weighted by molar-refractivity contribution is 6.31. The fourth-order valence-electron chi connectivity index (χ4n) is 2.86. The molecule has 1 atom stereocenters. The van der Waals surface area contributed by atoms with Gasteiger partial charge in [0.1, 0.15) is 11.8 Å². The van der Waals surface area contributed by atoms with Crippen molar-refractivity contribution in [3.63, 3.8) is 0 Å². The van der Waals surface area contributed by atoms with E-state index in [4.69, 9.17) is 16.3 Å². The Morgan fingerprint density at radius 1 is 1.11 bits per heavy atom. The third kappa shape index (κ3) is 5.99. The molecule has 0 aliphatic carbocycles. The number of nitrogens with zero attached hydrogens (tertiary/aromatic N) is 1. The molecule has 0 heterocycles. The third-order valence-corrected chi connectivity index (χ3v) is 4.75. The van der Waals surface area contributed by atoms with E-state index in [9.17, 15) is 9.59 Å². The first-order valence-electron chi connectivity index (χ1n) is 9.28. The summed E-state index contributed by atoms with van der Waals surface area (Å²) >= 11 is 6.22. The molecule has 0 radical (unpaired) electrons. The van der Waals surface area contributed by atoms with Crippen molar-refractivity contribution in [3.8, 4) is 5.75 Å². The first kappa shape index (κ1) is 21.8. The molecule has 28 heavy (non-hydrogen) atoms. The van der Waals surface area contributed by atoms with Gasteiger partial charge in [-0.05, 0) is 50.1 Å². The van der Waals surface area contributed by atoms with Gasteiger partial charge in [0.25, 0.3) is 0 Å². The summed E-state index contributed by atoms with van der Waals surface area (Å²) in [5.74, 6) is 0.350. The van der Waals surface area contributed by atoms with Crippen LogP contribution in [0.2, 0.25) is 5.02 Å². The minimum atomic E-state index is -0.622. The lowest BCUT2D eigenvalue weighted by Gasteiger charge is -2.29. The van der Waals surface area contributed by atoms with Crippen molar-refractivity contribution in [1.29, 1.82) is 0 Å². The second-order valence-corrected chi connectivity index (χ2v) is 7.39. The van der Waals surface area contributed by atoms with Crippen LogP contribution in [0.4, 0.5) is 0 Å². The number of hydrogen-bond donors (Lipinski definition) is 1. The Labute approximate surface area is 171 Å². The van der Waals surface area contributed by atoms with Gasteiger partial charge < -0.3 is 15.0 Å². The minimum Gasteiger partial charge on any atom is -0.497 e. The van der Waals surface area contributed by atoms with Gasteiger partial charge in [-0.1, -0.05) is 41.9 Å². The summed E-state index contributed by atoms with van der Waals surface area (Å²) in [6.45, 7) is 5.82. The second kappa shape index (κ2) is 10.1. The van der Waals surface area contributed by atoms with Gasteiger partial charge in [0.2, 0.25) is 11.8 Å². The molecule has 0 aromatic heterocycles. The first-order chi connectivity index (χ1) is 13.3. The van der Waals surface area contributed by atoms with Crippen LogP contribution in [0.1, 0.15) is 31.9 Å². The third-order valence-electron chi connectivity index (χ3n) is 4.38. The molecule has 0 fully saturated rings. The zero-order valence-corrected chi connectivity index (χ0v) is 17.5. The van der Waals surface area contributed by atoms with Crippen LogP contribution in [0.25, 0.3) is 0 Å². The largest absolute Gasteiger partial charge is 0.497 e. The Bertz CT molecular complexity index is 823. The normalized spacial score (nSPS) is 11.8. The average molecular weight is 403 g/mol. The van der Waals surface area contributed by atoms with E-state index < -0.39 is 6.04 Å². The number of carbonyl (C=O) groups excluding carboxylic acids is 2. The van der Waals surface area contributed by atoms with E-state index in [1.54, 1.807) is 25.0 Å². The van der Waals surface area contributed by atoms with Gasteiger partial charge in [-0.3, -0.25) is 9.59 Å². The highest BCUT2D eigenvalue weighted by Crippen LogP contribution is 2.20. The fraction of sp³-hybridized carbons (Fsp3) is 0.364. The average Bonchev–Trinajstić information content (AvgIpc) is 2.67. The highest BCUT2D eigenvalue weighted by Gasteiger charge is 2.27. The molecule has 6 heteroatoms. The summed E-state index contributed by atoms with van der Waals surface area (Å²) in [4.78, 5) is 27.3. The minimum absolute atomic E-state index is 0.00714. The van der Waals surface area contributed by atoms with Crippen molar-refractivity contribution in [2.45, 2.75) is 45.8 Å². The number of hydrogen-bond acceptors (Lipinski definition) is 3. The van der Waals surface area contributed by atoms with Gasteiger partial charge in [0.05, 0.1) is 13.5 Å². The number of benzene rings is 2. The second-order valence-electron chi connectivity index (χ2n) is 6.98. The molecule has 2 aromatic carbocycles. The molecular formula is C22H27ClN2O3. The summed E-state index contributed by atoms with van der Waals surface area (Å²) < 4.78 is 5.27. The van der Waals surface area contributed by atoms with Crippen LogP contribution in [0.5, 0.6) is 5.75 Å². The topological polar surface area (TPSA) is 58.6 Å². The number of nitrogens with one attached hydrogen (secondary N) is 1. The smallest absolute Gasteiger partial charge is 0.242 e. The molecule has 0 spiro atoms. The van der Waals surface area contributed by atoms with Crippen molar-refractivity contribution in [2.24, 2.45) is 0 Å². The van der Waals surface area contributed by atoms with Crippen LogP contribution in [-0.4, -0.2) is 35.9 Å². The molecule has 5 nitrogen and oxygen atoms in total. The molecule has 1 N–H and O–H groups in total. The van der Waals surface area contributed by atoms with E-state index >= 15 is 0 Å². The molecular weight excluding hydrogens is 376 g/mol. The van der Waals surface area contributed by atoms with E-state index in [1.165, 1.54) is 0 Å². The highest BCUT2D eigenvalue weighted by atomic mass is 35.5. The zero-order chi connectivity index (χ0) is 20.7. The first-order valence-corrected chi connectivity index (χ1v) is 9.65. The molecule has 0 saturated heterocycles. The summed E-state index contributed by atoms with van der Waals surface area (Å²) in [6.07, 6.45) is 0.128. The van der Waals surface area contributed by atoms with Crippen LogP contribution in [-0.2, 0) is 22.6 Å². The summed E-state index contributed by atoms with van der Waals surface area (Å²) in [5.41, 5.74) is 1.62. The Morgan fingerprint density at radius 3 is 2.46 bits per heavy atom. The van der Waals surface area contributed by atoms with Crippen molar-refractivity contribution >= 4 is 23.4 Å². The standard InChI is InChI=1S/C22H27ClN2O3/c1-15(2)24-22(27)16(3)25(14-17-8-7-10-19(12-17)28-4)21(26)13-18-9-5-6-11-20(18)23/h5-12,15-16H,13-14H2,1-4H3,(H,24,27). The van der Waals surface area contributed by atoms with Gasteiger partial charge in [-0.15, -0.1) is 0 Å². The maximum Gasteiger partial charge on any atom is 0.242 e. The Morgan fingerprint density at radius 2 is 1.82 bits per heavy atom. The van der Waals surface area contributed by atoms with E-state index in [0.29, 0.717) is 17.3 Å². The van der Waals surface area contributed by atoms with Crippen molar-refractivity contribution in [1.82, 2.24) is 10.2 Å². The number of methoxy groups -OCH3 is 1. The number of carbonyl (C=O) groups is 2. The van der Waals surface area contributed by atoms with Gasteiger partial charge in [-0.25, -0.2) is 0 Å². The maximum absolute atomic E-state index is 13.1. The van der Waals surface area contributed by atoms with Gasteiger partial charge in [0.15, 0.2) is 0 Å². The zero-order valence-electron chi connectivity index (χ0n) is 16.7. The molecule has 0 bridgehead atoms. The summed E-state index contributed by atoms with van der Waals surface area (Å²) in [7, 11) is 1.60. The number of amides is 2. The van der Waals surface area contributed by atoms with E-state index in [-0.39, 0.29) is 24.3 Å². The van der Waals surface area contributed by atoms with Crippen LogP contribution < -0.4 is 10.1 Å². The summed E-state index contributed by atoms with van der Waals surface area (Å²) in [5, 5.41) is 3.42. The van der Waals surface area contributed by atoms with Gasteiger partial charge in [0, 0.05) is 17.6 Å². The summed E-state index contributed by atoms with van der Waals surface area (Å²) in [6, 6.07) is 14.1. The predicted octanol–water partition coefficient (Wildman–Crippen LogP) is 3.83. The predicted molar refractivity (Wildman–Crippen MR) is 111 cm³/mol. The fourth-order valence-corrected chi connectivity index (χ4v) is 3.06. The van der Waals surface area contributed by atoms with Crippen molar-refractivity contribution in [2.75, 3.05) is 7.11 Å². The maximum atomic E-state index is 13.1. The molecule has 2 amide bonds. The van der Waals surface area contributed by atoms with Gasteiger partial charge >= 0.3 is 0 Å². The SMILES string of the molecule is COc1cccc(CN(C(=O)Cc2ccccc2Cl)C(C)C(=O)NC(C)C)c1. The lowest BCUT2D eigenvalue weighted by Crippen LogP contribution is -2.49. The van der Waals surface area contributed by atoms with Crippen LogP contribution >= 0.6 is 11.6 Å². The van der Waals surface area contributed by atoms with E-state index in [1.807, 2.05) is 56.3 Å². The number of halogens is 1. The molecule has 2 aromatic rings. The quantitative estimate of drug-likeness (QED) is 0.729.